The van der Waals surface area contributed by atoms with Gasteiger partial charge in [-0.15, -0.1) is 0 Å². The monoisotopic (exact) mass is 316 g/mol. The molecule has 2 atom stereocenters. The second-order valence-electron chi connectivity index (χ2n) is 5.55. The van der Waals surface area contributed by atoms with E-state index in [2.05, 4.69) is 5.32 Å². The zero-order chi connectivity index (χ0) is 16.2. The van der Waals surface area contributed by atoms with Crippen LogP contribution in [-0.2, 0) is 11.3 Å². The van der Waals surface area contributed by atoms with E-state index < -0.39 is 24.6 Å². The number of amides is 1. The van der Waals surface area contributed by atoms with E-state index in [1.54, 1.807) is 0 Å². The molecule has 1 aromatic carbocycles. The maximum atomic E-state index is 12.1. The van der Waals surface area contributed by atoms with Crippen LogP contribution in [0.15, 0.2) is 30.3 Å². The molecule has 1 aliphatic heterocycles. The molecule has 1 aromatic rings. The van der Waals surface area contributed by atoms with Crippen molar-refractivity contribution in [2.75, 3.05) is 13.1 Å². The van der Waals surface area contributed by atoms with Gasteiger partial charge in [0.1, 0.15) is 6.42 Å². The van der Waals surface area contributed by atoms with Gasteiger partial charge >= 0.3 is 6.18 Å². The van der Waals surface area contributed by atoms with E-state index in [1.807, 2.05) is 35.2 Å². The van der Waals surface area contributed by atoms with Gasteiger partial charge in [-0.05, 0) is 12.0 Å². The number of alkyl halides is 3. The lowest BCUT2D eigenvalue weighted by Crippen LogP contribution is -2.40. The molecule has 1 amide bonds. The van der Waals surface area contributed by atoms with Gasteiger partial charge in [0.2, 0.25) is 5.91 Å². The summed E-state index contributed by atoms with van der Waals surface area (Å²) in [5.41, 5.74) is 1.06. The maximum absolute atomic E-state index is 12.1. The van der Waals surface area contributed by atoms with Crippen molar-refractivity contribution in [2.45, 2.75) is 37.7 Å². The first-order valence-corrected chi connectivity index (χ1v) is 7.13. The van der Waals surface area contributed by atoms with Crippen LogP contribution >= 0.6 is 0 Å². The first kappa shape index (κ1) is 16.8. The van der Waals surface area contributed by atoms with Crippen molar-refractivity contribution < 1.29 is 23.1 Å². The fraction of sp³-hybridized carbons (Fsp3) is 0.533. The molecule has 122 valence electrons. The number of nitrogens with zero attached hydrogens (tertiary/aromatic N) is 1. The standard InChI is InChI=1S/C15H19F3N2O2/c16-15(17,18)7-14(22)19-8-12-6-13(21)10-20(12)9-11-4-2-1-3-5-11/h1-5,12-13,21H,6-10H2,(H,19,22). The zero-order valence-corrected chi connectivity index (χ0v) is 12.0. The summed E-state index contributed by atoms with van der Waals surface area (Å²) in [6.45, 7) is 1.16. The molecular weight excluding hydrogens is 297 g/mol. The Morgan fingerprint density at radius 2 is 2.00 bits per heavy atom. The van der Waals surface area contributed by atoms with Crippen molar-refractivity contribution in [3.8, 4) is 0 Å². The number of carbonyl (C=O) groups excluding carboxylic acids is 1. The Labute approximate surface area is 126 Å². The number of hydrogen-bond donors (Lipinski definition) is 2. The summed E-state index contributed by atoms with van der Waals surface area (Å²) in [4.78, 5) is 13.2. The number of nitrogens with one attached hydrogen (secondary N) is 1. The number of hydrogen-bond acceptors (Lipinski definition) is 3. The molecule has 7 heteroatoms. The molecule has 1 aliphatic rings. The van der Waals surface area contributed by atoms with Crippen molar-refractivity contribution in [1.82, 2.24) is 10.2 Å². The highest BCUT2D eigenvalue weighted by atomic mass is 19.4. The summed E-state index contributed by atoms with van der Waals surface area (Å²) >= 11 is 0. The van der Waals surface area contributed by atoms with Crippen molar-refractivity contribution >= 4 is 5.91 Å². The Balaban J connectivity index is 1.87. The highest BCUT2D eigenvalue weighted by Crippen LogP contribution is 2.21. The summed E-state index contributed by atoms with van der Waals surface area (Å²) in [6, 6.07) is 9.45. The van der Waals surface area contributed by atoms with E-state index in [4.69, 9.17) is 0 Å². The minimum Gasteiger partial charge on any atom is -0.392 e. The number of aliphatic hydroxyl groups excluding tert-OH is 1. The van der Waals surface area contributed by atoms with Gasteiger partial charge in [-0.1, -0.05) is 30.3 Å². The van der Waals surface area contributed by atoms with Gasteiger partial charge in [-0.2, -0.15) is 13.2 Å². The van der Waals surface area contributed by atoms with Gasteiger partial charge in [0.15, 0.2) is 0 Å². The van der Waals surface area contributed by atoms with Gasteiger partial charge in [0.25, 0.3) is 0 Å². The highest BCUT2D eigenvalue weighted by Gasteiger charge is 2.33. The van der Waals surface area contributed by atoms with E-state index in [1.165, 1.54) is 0 Å². The van der Waals surface area contributed by atoms with E-state index >= 15 is 0 Å². The number of likely N-dealkylation sites (tertiary alicyclic amines) is 1. The second-order valence-corrected chi connectivity index (χ2v) is 5.55. The SMILES string of the molecule is O=C(CC(F)(F)F)NCC1CC(O)CN1Cc1ccccc1. The normalized spacial score (nSPS) is 22.7. The number of aliphatic hydroxyl groups is 1. The Morgan fingerprint density at radius 3 is 2.64 bits per heavy atom. The highest BCUT2D eigenvalue weighted by molar-refractivity contribution is 5.76. The average Bonchev–Trinajstić information content (AvgIpc) is 2.76. The Bertz CT molecular complexity index is 493. The summed E-state index contributed by atoms with van der Waals surface area (Å²) in [6.07, 6.45) is -6.04. The summed E-state index contributed by atoms with van der Waals surface area (Å²) in [7, 11) is 0. The summed E-state index contributed by atoms with van der Waals surface area (Å²) in [5.74, 6) is -1.03. The number of halogens is 3. The molecule has 22 heavy (non-hydrogen) atoms. The Hall–Kier alpha value is -1.60. The van der Waals surface area contributed by atoms with Crippen molar-refractivity contribution in [1.29, 1.82) is 0 Å². The van der Waals surface area contributed by atoms with Crippen LogP contribution in [0.2, 0.25) is 0 Å². The number of β-amino-alcohol motifs (C(OH)–C–C–N with tert-alkyl or cyclic N) is 1. The van der Waals surface area contributed by atoms with Gasteiger partial charge < -0.3 is 10.4 Å². The van der Waals surface area contributed by atoms with Crippen molar-refractivity contribution in [2.24, 2.45) is 0 Å². The lowest BCUT2D eigenvalue weighted by Gasteiger charge is -2.24. The molecule has 0 spiro atoms. The van der Waals surface area contributed by atoms with E-state index in [0.717, 1.165) is 5.56 Å². The molecule has 0 aliphatic carbocycles. The van der Waals surface area contributed by atoms with E-state index in [9.17, 15) is 23.1 Å². The molecule has 1 heterocycles. The largest absolute Gasteiger partial charge is 0.397 e. The summed E-state index contributed by atoms with van der Waals surface area (Å²) < 4.78 is 36.4. The third-order valence-corrected chi connectivity index (χ3v) is 3.63. The first-order chi connectivity index (χ1) is 10.3. The lowest BCUT2D eigenvalue weighted by atomic mass is 10.1. The van der Waals surface area contributed by atoms with Crippen molar-refractivity contribution in [3.63, 3.8) is 0 Å². The van der Waals surface area contributed by atoms with Crippen LogP contribution in [0.3, 0.4) is 0 Å². The molecule has 2 rings (SSSR count). The van der Waals surface area contributed by atoms with Crippen LogP contribution in [0, 0.1) is 0 Å². The molecule has 1 fully saturated rings. The van der Waals surface area contributed by atoms with Crippen LogP contribution in [-0.4, -0.2) is 47.3 Å². The molecule has 1 saturated heterocycles. The molecule has 0 radical (unpaired) electrons. The molecule has 0 aromatic heterocycles. The first-order valence-electron chi connectivity index (χ1n) is 7.13. The third-order valence-electron chi connectivity index (χ3n) is 3.63. The minimum atomic E-state index is -4.50. The second kappa shape index (κ2) is 7.11. The Morgan fingerprint density at radius 1 is 1.32 bits per heavy atom. The Kier molecular flexibility index (Phi) is 5.42. The minimum absolute atomic E-state index is 0.110. The smallest absolute Gasteiger partial charge is 0.392 e. The molecule has 2 unspecified atom stereocenters. The quantitative estimate of drug-likeness (QED) is 0.869. The summed E-state index contributed by atoms with van der Waals surface area (Å²) in [5, 5.41) is 12.1. The van der Waals surface area contributed by atoms with Gasteiger partial charge in [-0.25, -0.2) is 0 Å². The number of rotatable bonds is 5. The fourth-order valence-corrected chi connectivity index (χ4v) is 2.66. The topological polar surface area (TPSA) is 52.6 Å². The molecule has 4 nitrogen and oxygen atoms in total. The molecular formula is C15H19F3N2O2. The predicted molar refractivity (Wildman–Crippen MR) is 74.9 cm³/mol. The average molecular weight is 316 g/mol. The van der Waals surface area contributed by atoms with Gasteiger partial charge in [0, 0.05) is 25.7 Å². The van der Waals surface area contributed by atoms with Crippen molar-refractivity contribution in [3.05, 3.63) is 35.9 Å². The van der Waals surface area contributed by atoms with Gasteiger partial charge in [0.05, 0.1) is 6.10 Å². The predicted octanol–water partition coefficient (Wildman–Crippen LogP) is 1.69. The maximum Gasteiger partial charge on any atom is 0.397 e. The molecule has 0 bridgehead atoms. The van der Waals surface area contributed by atoms with Crippen LogP contribution in [0.4, 0.5) is 13.2 Å². The van der Waals surface area contributed by atoms with E-state index in [0.29, 0.717) is 19.5 Å². The lowest BCUT2D eigenvalue weighted by molar-refractivity contribution is -0.153. The van der Waals surface area contributed by atoms with Gasteiger partial charge in [-0.3, -0.25) is 9.69 Å². The van der Waals surface area contributed by atoms with Crippen LogP contribution in [0.1, 0.15) is 18.4 Å². The number of benzene rings is 1. The third kappa shape index (κ3) is 5.31. The van der Waals surface area contributed by atoms with Crippen LogP contribution in [0.5, 0.6) is 0 Å². The molecule has 2 N–H and O–H groups in total. The van der Waals surface area contributed by atoms with E-state index in [-0.39, 0.29) is 12.6 Å². The number of carbonyl (C=O) groups is 1. The molecule has 0 saturated carbocycles. The van der Waals surface area contributed by atoms with Crippen LogP contribution in [0.25, 0.3) is 0 Å². The zero-order valence-electron chi connectivity index (χ0n) is 12.0. The van der Waals surface area contributed by atoms with Crippen LogP contribution < -0.4 is 5.32 Å². The fourth-order valence-electron chi connectivity index (χ4n) is 2.66.